The number of aliphatic hydroxyl groups is 12. The van der Waals surface area contributed by atoms with E-state index in [1.54, 1.807) is 0 Å². The van der Waals surface area contributed by atoms with E-state index in [0.29, 0.717) is 0 Å². The summed E-state index contributed by atoms with van der Waals surface area (Å²) in [5.74, 6) is -4.05. The number of nitrogens with one attached hydrogen (secondary N) is 1. The van der Waals surface area contributed by atoms with E-state index in [0.717, 1.165) is 6.92 Å². The molecular formula is C31H53NO22. The van der Waals surface area contributed by atoms with Crippen LogP contribution < -0.4 is 5.32 Å². The number of amides is 1. The Morgan fingerprint density at radius 1 is 0.815 bits per heavy atom. The number of carbonyl (C=O) groups excluding carboxylic acids is 2. The zero-order chi connectivity index (χ0) is 40.2. The fourth-order valence-corrected chi connectivity index (χ4v) is 6.90. The third-order valence-electron chi connectivity index (χ3n) is 10.1. The second-order valence-corrected chi connectivity index (χ2v) is 13.9. The monoisotopic (exact) mass is 791 g/mol. The molecule has 1 amide bonds. The van der Waals surface area contributed by atoms with Gasteiger partial charge in [-0.3, -0.25) is 9.59 Å². The summed E-state index contributed by atoms with van der Waals surface area (Å²) < 4.78 is 45.0. The molecule has 4 aliphatic heterocycles. The molecule has 0 spiro atoms. The lowest BCUT2D eigenvalue weighted by atomic mass is 9.87. The van der Waals surface area contributed by atoms with Gasteiger partial charge in [0, 0.05) is 12.8 Å². The van der Waals surface area contributed by atoms with Crippen molar-refractivity contribution in [3.05, 3.63) is 0 Å². The predicted octanol–water partition coefficient (Wildman–Crippen LogP) is -8.01. The van der Waals surface area contributed by atoms with Crippen molar-refractivity contribution in [1.29, 1.82) is 0 Å². The molecule has 0 aromatic heterocycles. The zero-order valence-electron chi connectivity index (χ0n) is 29.6. The Morgan fingerprint density at radius 2 is 1.43 bits per heavy atom. The molecule has 21 atom stereocenters. The van der Waals surface area contributed by atoms with E-state index in [1.165, 1.54) is 13.8 Å². The van der Waals surface area contributed by atoms with E-state index >= 15 is 0 Å². The standard InChI is InChI=1S/C31H53NO22/c1-10-13(38)4-31(48-9-36,54-26(10)19(40)14(39)5-33)47-8-17-21(42)23(44)25(46)30(51-17)53-28-16(7-35)50-29(18(22(28)43)32-12(3)37)52-27-11(2)49-15(6-34)20(41)24(27)45/h9-11,13-30,33-35,38-46H,4-8H2,1-3H3,(H,32,37)/t10-,11-,13-,14?,15?,16+,17?,18?,19-,20-,21+,22?,23?,24?,25+,26?,27+,28-,29+,30+,31+/m1/s1. The summed E-state index contributed by atoms with van der Waals surface area (Å²) in [6.07, 6.45) is -29.8. The molecular weight excluding hydrogens is 738 g/mol. The highest BCUT2D eigenvalue weighted by Crippen LogP contribution is 2.38. The average Bonchev–Trinajstić information content (AvgIpc) is 3.14. The molecule has 0 aromatic carbocycles. The third kappa shape index (κ3) is 9.64. The summed E-state index contributed by atoms with van der Waals surface area (Å²) in [7, 11) is 0. The van der Waals surface area contributed by atoms with Crippen LogP contribution in [0.2, 0.25) is 0 Å². The summed E-state index contributed by atoms with van der Waals surface area (Å²) in [6.45, 7) is 0.690. The van der Waals surface area contributed by atoms with Gasteiger partial charge in [-0.05, 0) is 6.92 Å². The van der Waals surface area contributed by atoms with Crippen LogP contribution in [-0.2, 0) is 47.5 Å². The molecule has 4 rings (SSSR count). The summed E-state index contributed by atoms with van der Waals surface area (Å²) in [6, 6.07) is -1.51. The minimum Gasteiger partial charge on any atom is -0.410 e. The quantitative estimate of drug-likeness (QED) is 0.0541. The molecule has 0 aliphatic carbocycles. The molecule has 13 N–H and O–H groups in total. The number of ether oxygens (including phenoxy) is 8. The molecule has 0 saturated carbocycles. The molecule has 4 heterocycles. The van der Waals surface area contributed by atoms with Crippen LogP contribution >= 0.6 is 0 Å². The fourth-order valence-electron chi connectivity index (χ4n) is 6.90. The van der Waals surface area contributed by atoms with Gasteiger partial charge in [-0.15, -0.1) is 0 Å². The first-order valence-corrected chi connectivity index (χ1v) is 17.4. The van der Waals surface area contributed by atoms with E-state index in [9.17, 15) is 70.9 Å². The maximum Gasteiger partial charge on any atom is 0.332 e. The largest absolute Gasteiger partial charge is 0.410 e. The molecule has 8 unspecified atom stereocenters. The van der Waals surface area contributed by atoms with Crippen molar-refractivity contribution >= 4 is 12.4 Å². The van der Waals surface area contributed by atoms with Gasteiger partial charge in [0.2, 0.25) is 5.91 Å². The maximum atomic E-state index is 12.2. The van der Waals surface area contributed by atoms with Crippen molar-refractivity contribution in [2.75, 3.05) is 26.4 Å². The number of hydrogen-bond acceptors (Lipinski definition) is 22. The molecule has 0 radical (unpaired) electrons. The van der Waals surface area contributed by atoms with E-state index in [4.69, 9.17) is 37.9 Å². The van der Waals surface area contributed by atoms with Crippen molar-refractivity contribution in [1.82, 2.24) is 5.32 Å². The molecule has 4 aliphatic rings. The Bertz CT molecular complexity index is 1210. The molecule has 0 bridgehead atoms. The number of aliphatic hydroxyl groups excluding tert-OH is 12. The maximum absolute atomic E-state index is 12.2. The zero-order valence-corrected chi connectivity index (χ0v) is 29.6. The van der Waals surface area contributed by atoms with Crippen molar-refractivity contribution in [2.45, 2.75) is 149 Å². The summed E-state index contributed by atoms with van der Waals surface area (Å²) in [5, 5.41) is 128. The smallest absolute Gasteiger partial charge is 0.332 e. The summed E-state index contributed by atoms with van der Waals surface area (Å²) in [5.41, 5.74) is 0. The Labute approximate surface area is 308 Å². The number of carbonyl (C=O) groups is 2. The minimum absolute atomic E-state index is 0.101. The molecule has 4 fully saturated rings. The van der Waals surface area contributed by atoms with Gasteiger partial charge in [-0.1, -0.05) is 6.92 Å². The van der Waals surface area contributed by atoms with Gasteiger partial charge >= 0.3 is 5.97 Å². The highest BCUT2D eigenvalue weighted by Gasteiger charge is 2.55. The Morgan fingerprint density at radius 3 is 2.02 bits per heavy atom. The lowest BCUT2D eigenvalue weighted by Gasteiger charge is -2.49. The lowest BCUT2D eigenvalue weighted by molar-refractivity contribution is -0.424. The summed E-state index contributed by atoms with van der Waals surface area (Å²) in [4.78, 5) is 23.7. The van der Waals surface area contributed by atoms with Gasteiger partial charge in [-0.2, -0.15) is 0 Å². The van der Waals surface area contributed by atoms with Crippen LogP contribution in [0, 0.1) is 5.92 Å². The van der Waals surface area contributed by atoms with Gasteiger partial charge in [0.05, 0.1) is 51.2 Å². The molecule has 23 nitrogen and oxygen atoms in total. The highest BCUT2D eigenvalue weighted by molar-refractivity contribution is 5.73. The van der Waals surface area contributed by atoms with Crippen LogP contribution in [0.1, 0.15) is 27.2 Å². The second-order valence-electron chi connectivity index (χ2n) is 13.9. The fraction of sp³-hybridized carbons (Fsp3) is 0.935. The van der Waals surface area contributed by atoms with Crippen LogP contribution in [-0.4, -0.2) is 222 Å². The van der Waals surface area contributed by atoms with Crippen molar-refractivity contribution in [2.24, 2.45) is 5.92 Å². The highest BCUT2D eigenvalue weighted by atomic mass is 16.9. The first-order chi connectivity index (χ1) is 25.4. The predicted molar refractivity (Wildman–Crippen MR) is 169 cm³/mol. The van der Waals surface area contributed by atoms with Crippen molar-refractivity contribution < 1.29 is 109 Å². The van der Waals surface area contributed by atoms with Gasteiger partial charge < -0.3 is 104 Å². The lowest BCUT2D eigenvalue weighted by Crippen LogP contribution is -2.69. The Balaban J connectivity index is 1.52. The molecule has 314 valence electrons. The van der Waals surface area contributed by atoms with E-state index < -0.39 is 167 Å². The third-order valence-corrected chi connectivity index (χ3v) is 10.1. The second kappa shape index (κ2) is 19.1. The van der Waals surface area contributed by atoms with Crippen LogP contribution in [0.3, 0.4) is 0 Å². The van der Waals surface area contributed by atoms with E-state index in [2.05, 4.69) is 5.32 Å². The van der Waals surface area contributed by atoms with Gasteiger partial charge in [0.15, 0.2) is 12.6 Å². The van der Waals surface area contributed by atoms with Crippen LogP contribution in [0.25, 0.3) is 0 Å². The molecule has 23 heteroatoms. The van der Waals surface area contributed by atoms with E-state index in [-0.39, 0.29) is 6.47 Å². The van der Waals surface area contributed by atoms with Gasteiger partial charge in [-0.25, -0.2) is 0 Å². The molecule has 0 aromatic rings. The topological polar surface area (TPSA) is 363 Å². The van der Waals surface area contributed by atoms with Gasteiger partial charge in [0.1, 0.15) is 85.4 Å². The Hall–Kier alpha value is -1.82. The number of rotatable bonds is 15. The number of hydrogen-bond donors (Lipinski definition) is 13. The normalized spacial score (nSPS) is 47.0. The van der Waals surface area contributed by atoms with Gasteiger partial charge in [0.25, 0.3) is 6.47 Å². The molecule has 54 heavy (non-hydrogen) atoms. The van der Waals surface area contributed by atoms with Crippen LogP contribution in [0.4, 0.5) is 0 Å². The SMILES string of the molecule is CC(=O)NC1C(O)[C@H](O[C@@H]2OC(CO[C@]3(OC=O)C[C@@H](O)[C@@H](C)C([C@H](O)C(O)CO)O3)[C@H](O)C(O)[C@@H]2O)[C@H](CO)O[C@H]1O[C@@H]1C(O)[C@H](O)C(CO)O[C@@H]1C. The van der Waals surface area contributed by atoms with Crippen molar-refractivity contribution in [3.63, 3.8) is 0 Å². The molecule has 4 saturated heterocycles. The minimum atomic E-state index is -2.46. The van der Waals surface area contributed by atoms with Crippen molar-refractivity contribution in [3.8, 4) is 0 Å². The van der Waals surface area contributed by atoms with Crippen LogP contribution in [0.15, 0.2) is 0 Å². The van der Waals surface area contributed by atoms with Crippen LogP contribution in [0.5, 0.6) is 0 Å². The Kier molecular flexibility index (Phi) is 15.9. The average molecular weight is 792 g/mol. The first kappa shape index (κ1) is 44.9. The van der Waals surface area contributed by atoms with E-state index in [1.807, 2.05) is 0 Å². The first-order valence-electron chi connectivity index (χ1n) is 17.4. The summed E-state index contributed by atoms with van der Waals surface area (Å²) >= 11 is 0.